The van der Waals surface area contributed by atoms with Gasteiger partial charge in [-0.3, -0.25) is 9.59 Å². The summed E-state index contributed by atoms with van der Waals surface area (Å²) in [6.07, 6.45) is 11.0. The third kappa shape index (κ3) is 14.1. The van der Waals surface area contributed by atoms with Crippen LogP contribution in [0.5, 0.6) is 0 Å². The summed E-state index contributed by atoms with van der Waals surface area (Å²) in [5.41, 5.74) is 0.871. The van der Waals surface area contributed by atoms with Crippen LogP contribution in [0.2, 0.25) is 0 Å². The van der Waals surface area contributed by atoms with Gasteiger partial charge in [0.15, 0.2) is 0 Å². The summed E-state index contributed by atoms with van der Waals surface area (Å²) in [6, 6.07) is 8.61. The summed E-state index contributed by atoms with van der Waals surface area (Å²) in [5, 5.41) is 2.72. The fourth-order valence-corrected chi connectivity index (χ4v) is 4.03. The highest BCUT2D eigenvalue weighted by atomic mass is 16.5. The molecule has 0 bridgehead atoms. The Morgan fingerprint density at radius 1 is 0.806 bits per heavy atom. The molecular formula is C29H49N3O4. The second-order valence-corrected chi connectivity index (χ2v) is 9.70. The highest BCUT2D eigenvalue weighted by Crippen LogP contribution is 2.10. The van der Waals surface area contributed by atoms with Crippen LogP contribution >= 0.6 is 0 Å². The quantitative estimate of drug-likeness (QED) is 0.238. The summed E-state index contributed by atoms with van der Waals surface area (Å²) in [6.45, 7) is 5.83. The van der Waals surface area contributed by atoms with Crippen LogP contribution in [-0.2, 0) is 20.9 Å². The molecule has 36 heavy (non-hydrogen) atoms. The minimum atomic E-state index is -0.796. The van der Waals surface area contributed by atoms with Gasteiger partial charge in [-0.05, 0) is 24.8 Å². The second-order valence-electron chi connectivity index (χ2n) is 9.70. The number of ether oxygens (including phenoxy) is 1. The number of benzene rings is 1. The van der Waals surface area contributed by atoms with Gasteiger partial charge in [0, 0.05) is 33.6 Å². The Hall–Kier alpha value is -2.57. The zero-order valence-electron chi connectivity index (χ0n) is 23.1. The van der Waals surface area contributed by atoms with E-state index in [0.717, 1.165) is 37.7 Å². The third-order valence-corrected chi connectivity index (χ3v) is 6.45. The Balaban J connectivity index is 2.62. The van der Waals surface area contributed by atoms with Gasteiger partial charge in [0.05, 0.1) is 0 Å². The first-order valence-corrected chi connectivity index (χ1v) is 13.8. The summed E-state index contributed by atoms with van der Waals surface area (Å²) in [5.74, 6) is -0.192. The van der Waals surface area contributed by atoms with E-state index >= 15 is 0 Å². The first kappa shape index (κ1) is 31.5. The topological polar surface area (TPSA) is 79.0 Å². The van der Waals surface area contributed by atoms with Crippen molar-refractivity contribution in [2.75, 3.05) is 27.2 Å². The van der Waals surface area contributed by atoms with Crippen LogP contribution in [-0.4, -0.2) is 60.9 Å². The third-order valence-electron chi connectivity index (χ3n) is 6.45. The maximum Gasteiger partial charge on any atom is 0.408 e. The summed E-state index contributed by atoms with van der Waals surface area (Å²) >= 11 is 0. The lowest BCUT2D eigenvalue weighted by Crippen LogP contribution is -2.48. The fourth-order valence-electron chi connectivity index (χ4n) is 4.03. The van der Waals surface area contributed by atoms with Gasteiger partial charge in [-0.1, -0.05) is 95.5 Å². The van der Waals surface area contributed by atoms with E-state index in [4.69, 9.17) is 4.74 Å². The molecule has 204 valence electrons. The van der Waals surface area contributed by atoms with Gasteiger partial charge in [0.1, 0.15) is 12.6 Å². The van der Waals surface area contributed by atoms with Crippen molar-refractivity contribution in [3.8, 4) is 0 Å². The molecule has 0 saturated heterocycles. The monoisotopic (exact) mass is 503 g/mol. The first-order chi connectivity index (χ1) is 17.4. The molecule has 1 atom stereocenters. The van der Waals surface area contributed by atoms with Gasteiger partial charge >= 0.3 is 6.09 Å². The summed E-state index contributed by atoms with van der Waals surface area (Å²) in [4.78, 5) is 41.7. The van der Waals surface area contributed by atoms with Crippen molar-refractivity contribution in [2.45, 2.75) is 104 Å². The standard InChI is InChI=1S/C29H49N3O4/c1-5-7-9-11-16-22-31(3)27(33)21-20-26(28(34)32(4)23-17-12-10-8-6-2)30-29(35)36-24-25-18-14-13-15-19-25/h13-15,18-19,26H,5-12,16-17,20-24H2,1-4H3,(H,30,35). The average Bonchev–Trinajstić information content (AvgIpc) is 2.89. The normalized spacial score (nSPS) is 11.6. The smallest absolute Gasteiger partial charge is 0.408 e. The molecule has 0 aliphatic carbocycles. The fraction of sp³-hybridized carbons (Fsp3) is 0.690. The Kier molecular flexibility index (Phi) is 17.1. The van der Waals surface area contributed by atoms with Crippen molar-refractivity contribution in [1.82, 2.24) is 15.1 Å². The molecule has 0 aliphatic rings. The highest BCUT2D eigenvalue weighted by Gasteiger charge is 2.26. The number of hydrogen-bond acceptors (Lipinski definition) is 4. The van der Waals surface area contributed by atoms with Crippen LogP contribution in [0.3, 0.4) is 0 Å². The largest absolute Gasteiger partial charge is 0.445 e. The van der Waals surface area contributed by atoms with Crippen LogP contribution in [0.4, 0.5) is 4.79 Å². The number of carbonyl (C=O) groups is 3. The molecule has 1 rings (SSSR count). The number of hydrogen-bond donors (Lipinski definition) is 1. The van der Waals surface area contributed by atoms with Crippen LogP contribution in [0, 0.1) is 0 Å². The number of amides is 3. The molecule has 0 heterocycles. The van der Waals surface area contributed by atoms with Gasteiger partial charge in [-0.2, -0.15) is 0 Å². The average molecular weight is 504 g/mol. The molecule has 7 heteroatoms. The first-order valence-electron chi connectivity index (χ1n) is 13.8. The highest BCUT2D eigenvalue weighted by molar-refractivity contribution is 5.86. The Morgan fingerprint density at radius 2 is 1.36 bits per heavy atom. The number of nitrogens with one attached hydrogen (secondary N) is 1. The molecule has 7 nitrogen and oxygen atoms in total. The van der Waals surface area contributed by atoms with E-state index in [1.807, 2.05) is 37.4 Å². The lowest BCUT2D eigenvalue weighted by Gasteiger charge is -2.25. The Labute approximate surface area is 218 Å². The predicted octanol–water partition coefficient (Wildman–Crippen LogP) is 5.92. The van der Waals surface area contributed by atoms with E-state index < -0.39 is 12.1 Å². The molecule has 1 N–H and O–H groups in total. The van der Waals surface area contributed by atoms with Crippen LogP contribution in [0.25, 0.3) is 0 Å². The zero-order valence-corrected chi connectivity index (χ0v) is 23.1. The van der Waals surface area contributed by atoms with Gasteiger partial charge < -0.3 is 19.9 Å². The lowest BCUT2D eigenvalue weighted by molar-refractivity contribution is -0.133. The Morgan fingerprint density at radius 3 is 1.94 bits per heavy atom. The van der Waals surface area contributed by atoms with Gasteiger partial charge in [0.25, 0.3) is 0 Å². The number of carbonyl (C=O) groups excluding carboxylic acids is 3. The van der Waals surface area contributed by atoms with Crippen molar-refractivity contribution < 1.29 is 19.1 Å². The van der Waals surface area contributed by atoms with Crippen molar-refractivity contribution in [2.24, 2.45) is 0 Å². The maximum absolute atomic E-state index is 13.2. The molecular weight excluding hydrogens is 454 g/mol. The number of alkyl carbamates (subject to hydrolysis) is 1. The minimum absolute atomic E-state index is 0.00929. The van der Waals surface area contributed by atoms with E-state index in [1.54, 1.807) is 16.8 Å². The second kappa shape index (κ2) is 19.6. The van der Waals surface area contributed by atoms with Crippen molar-refractivity contribution in [1.29, 1.82) is 0 Å². The zero-order chi connectivity index (χ0) is 26.6. The molecule has 1 aromatic rings. The number of nitrogens with zero attached hydrogens (tertiary/aromatic N) is 2. The van der Waals surface area contributed by atoms with Crippen LogP contribution in [0.15, 0.2) is 30.3 Å². The molecule has 1 aromatic carbocycles. The van der Waals surface area contributed by atoms with E-state index in [0.29, 0.717) is 13.1 Å². The molecule has 0 aliphatic heterocycles. The minimum Gasteiger partial charge on any atom is -0.445 e. The van der Waals surface area contributed by atoms with Gasteiger partial charge in [-0.25, -0.2) is 4.79 Å². The molecule has 0 fully saturated rings. The molecule has 0 radical (unpaired) electrons. The number of likely N-dealkylation sites (N-methyl/N-ethyl adjacent to an activating group) is 1. The van der Waals surface area contributed by atoms with Crippen molar-refractivity contribution >= 4 is 17.9 Å². The molecule has 0 saturated carbocycles. The molecule has 0 spiro atoms. The van der Waals surface area contributed by atoms with Gasteiger partial charge in [0.2, 0.25) is 11.8 Å². The lowest BCUT2D eigenvalue weighted by atomic mass is 10.1. The van der Waals surface area contributed by atoms with Crippen molar-refractivity contribution in [3.05, 3.63) is 35.9 Å². The molecule has 3 amide bonds. The van der Waals surface area contributed by atoms with E-state index in [-0.39, 0.29) is 31.3 Å². The van der Waals surface area contributed by atoms with E-state index in [2.05, 4.69) is 19.2 Å². The SMILES string of the molecule is CCCCCCCN(C)C(=O)CCC(NC(=O)OCc1ccccc1)C(=O)N(C)CCCCCCC. The number of unbranched alkanes of at least 4 members (excludes halogenated alkanes) is 8. The van der Waals surface area contributed by atoms with Gasteiger partial charge in [-0.15, -0.1) is 0 Å². The van der Waals surface area contributed by atoms with E-state index in [9.17, 15) is 14.4 Å². The molecule has 0 aromatic heterocycles. The molecule has 1 unspecified atom stereocenters. The summed E-state index contributed by atoms with van der Waals surface area (Å²) < 4.78 is 5.34. The van der Waals surface area contributed by atoms with Crippen LogP contribution < -0.4 is 5.32 Å². The van der Waals surface area contributed by atoms with Crippen molar-refractivity contribution in [3.63, 3.8) is 0 Å². The number of rotatable bonds is 19. The maximum atomic E-state index is 13.2. The van der Waals surface area contributed by atoms with E-state index in [1.165, 1.54) is 32.1 Å². The Bertz CT molecular complexity index is 741. The predicted molar refractivity (Wildman–Crippen MR) is 146 cm³/mol. The summed E-state index contributed by atoms with van der Waals surface area (Å²) in [7, 11) is 3.57. The van der Waals surface area contributed by atoms with Crippen LogP contribution in [0.1, 0.15) is 96.5 Å².